The molecule has 1 aromatic rings. The van der Waals surface area contributed by atoms with E-state index in [1.54, 1.807) is 26.8 Å². The van der Waals surface area contributed by atoms with E-state index < -0.39 is 23.6 Å². The van der Waals surface area contributed by atoms with Crippen LogP contribution in [0.15, 0.2) is 22.7 Å². The predicted molar refractivity (Wildman–Crippen MR) is 76.9 cm³/mol. The minimum absolute atomic E-state index is 0.122. The first kappa shape index (κ1) is 16.6. The molecular formula is C14H17BrFNO3. The Kier molecular flexibility index (Phi) is 5.28. The lowest BCUT2D eigenvalue weighted by Crippen LogP contribution is -2.37. The SMILES string of the molecule is CN(C(=O)OC(C)(C)C)C(C=O)c1ccc(Br)cc1F. The lowest BCUT2D eigenvalue weighted by molar-refractivity contribution is -0.112. The van der Waals surface area contributed by atoms with Crippen LogP contribution in [-0.2, 0) is 9.53 Å². The molecule has 1 rings (SSSR count). The third-order valence-corrected chi connectivity index (χ3v) is 3.00. The van der Waals surface area contributed by atoms with Crippen molar-refractivity contribution in [2.24, 2.45) is 0 Å². The van der Waals surface area contributed by atoms with Crippen molar-refractivity contribution in [2.45, 2.75) is 32.4 Å². The number of benzene rings is 1. The van der Waals surface area contributed by atoms with Gasteiger partial charge in [-0.1, -0.05) is 22.0 Å². The lowest BCUT2D eigenvalue weighted by atomic mass is 10.1. The average molecular weight is 346 g/mol. The summed E-state index contributed by atoms with van der Waals surface area (Å²) in [6, 6.07) is 3.28. The van der Waals surface area contributed by atoms with Gasteiger partial charge in [0.15, 0.2) is 0 Å². The Morgan fingerprint density at radius 3 is 2.50 bits per heavy atom. The fraction of sp³-hybridized carbons (Fsp3) is 0.429. The number of likely N-dealkylation sites (N-methyl/N-ethyl adjacent to an activating group) is 1. The van der Waals surface area contributed by atoms with Crippen molar-refractivity contribution < 1.29 is 18.7 Å². The average Bonchev–Trinajstić information content (AvgIpc) is 2.30. The van der Waals surface area contributed by atoms with Crippen LogP contribution in [0, 0.1) is 5.82 Å². The second kappa shape index (κ2) is 6.35. The maximum atomic E-state index is 13.9. The standard InChI is InChI=1S/C14H17BrFNO3/c1-14(2,3)20-13(19)17(4)12(8-18)10-6-5-9(15)7-11(10)16/h5-8,12H,1-4H3. The zero-order valence-electron chi connectivity index (χ0n) is 11.8. The molecule has 0 fully saturated rings. The molecule has 1 amide bonds. The van der Waals surface area contributed by atoms with E-state index in [4.69, 9.17) is 4.74 Å². The van der Waals surface area contributed by atoms with Crippen molar-refractivity contribution in [3.8, 4) is 0 Å². The summed E-state index contributed by atoms with van der Waals surface area (Å²) >= 11 is 3.14. The molecule has 1 aromatic carbocycles. The Morgan fingerprint density at radius 1 is 1.45 bits per heavy atom. The Balaban J connectivity index is 3.01. The Labute approximate surface area is 126 Å². The van der Waals surface area contributed by atoms with Gasteiger partial charge in [-0.2, -0.15) is 0 Å². The van der Waals surface area contributed by atoms with Gasteiger partial charge >= 0.3 is 6.09 Å². The number of carbonyl (C=O) groups is 2. The van der Waals surface area contributed by atoms with E-state index in [0.717, 1.165) is 4.90 Å². The van der Waals surface area contributed by atoms with E-state index in [2.05, 4.69) is 15.9 Å². The first-order chi connectivity index (χ1) is 9.15. The number of halogens is 2. The molecule has 0 bridgehead atoms. The van der Waals surface area contributed by atoms with Crippen molar-refractivity contribution >= 4 is 28.3 Å². The Hall–Kier alpha value is -1.43. The monoisotopic (exact) mass is 345 g/mol. The maximum Gasteiger partial charge on any atom is 0.410 e. The van der Waals surface area contributed by atoms with Gasteiger partial charge in [-0.05, 0) is 32.9 Å². The van der Waals surface area contributed by atoms with Crippen LogP contribution in [0.2, 0.25) is 0 Å². The van der Waals surface area contributed by atoms with Crippen LogP contribution in [0.3, 0.4) is 0 Å². The second-order valence-electron chi connectivity index (χ2n) is 5.34. The van der Waals surface area contributed by atoms with E-state index in [1.807, 2.05) is 0 Å². The number of hydrogen-bond donors (Lipinski definition) is 0. The molecule has 110 valence electrons. The van der Waals surface area contributed by atoms with Crippen LogP contribution in [0.1, 0.15) is 32.4 Å². The number of amides is 1. The summed E-state index contributed by atoms with van der Waals surface area (Å²) in [5.41, 5.74) is -0.562. The molecule has 0 aliphatic heterocycles. The predicted octanol–water partition coefficient (Wildman–Crippen LogP) is 3.70. The summed E-state index contributed by atoms with van der Waals surface area (Å²) in [7, 11) is 1.40. The third-order valence-electron chi connectivity index (χ3n) is 2.51. The zero-order valence-corrected chi connectivity index (χ0v) is 13.4. The lowest BCUT2D eigenvalue weighted by Gasteiger charge is -2.28. The molecule has 1 atom stereocenters. The molecule has 0 spiro atoms. The second-order valence-corrected chi connectivity index (χ2v) is 6.25. The molecule has 1 unspecified atom stereocenters. The molecule has 0 aliphatic carbocycles. The highest BCUT2D eigenvalue weighted by Crippen LogP contribution is 2.25. The normalized spacial score (nSPS) is 12.7. The van der Waals surface area contributed by atoms with Crippen molar-refractivity contribution in [3.05, 3.63) is 34.1 Å². The van der Waals surface area contributed by atoms with Crippen molar-refractivity contribution in [2.75, 3.05) is 7.05 Å². The molecule has 20 heavy (non-hydrogen) atoms. The highest BCUT2D eigenvalue weighted by atomic mass is 79.9. The third kappa shape index (κ3) is 4.30. The minimum Gasteiger partial charge on any atom is -0.444 e. The van der Waals surface area contributed by atoms with E-state index >= 15 is 0 Å². The molecule has 0 heterocycles. The van der Waals surface area contributed by atoms with Crippen LogP contribution in [0.4, 0.5) is 9.18 Å². The summed E-state index contributed by atoms with van der Waals surface area (Å²) in [6.07, 6.45) is -0.173. The van der Waals surface area contributed by atoms with Crippen molar-refractivity contribution in [1.29, 1.82) is 0 Å². The number of aldehydes is 1. The van der Waals surface area contributed by atoms with Gasteiger partial charge in [0.05, 0.1) is 0 Å². The van der Waals surface area contributed by atoms with Gasteiger partial charge in [0.25, 0.3) is 0 Å². The van der Waals surface area contributed by atoms with Gasteiger partial charge in [0.1, 0.15) is 23.7 Å². The Morgan fingerprint density at radius 2 is 2.05 bits per heavy atom. The van der Waals surface area contributed by atoms with Gasteiger partial charge in [-0.3, -0.25) is 4.90 Å². The summed E-state index contributed by atoms with van der Waals surface area (Å²) < 4.78 is 19.6. The highest BCUT2D eigenvalue weighted by Gasteiger charge is 2.27. The fourth-order valence-electron chi connectivity index (χ4n) is 1.56. The van der Waals surface area contributed by atoms with Crippen LogP contribution in [0.25, 0.3) is 0 Å². The molecule has 0 saturated carbocycles. The molecule has 0 aromatic heterocycles. The quantitative estimate of drug-likeness (QED) is 0.784. The topological polar surface area (TPSA) is 46.6 Å². The van der Waals surface area contributed by atoms with Crippen LogP contribution in [0.5, 0.6) is 0 Å². The van der Waals surface area contributed by atoms with Gasteiger partial charge < -0.3 is 9.53 Å². The summed E-state index contributed by atoms with van der Waals surface area (Å²) in [4.78, 5) is 24.2. The molecule has 4 nitrogen and oxygen atoms in total. The summed E-state index contributed by atoms with van der Waals surface area (Å²) in [5.74, 6) is -0.563. The number of nitrogens with zero attached hydrogens (tertiary/aromatic N) is 1. The van der Waals surface area contributed by atoms with E-state index in [9.17, 15) is 14.0 Å². The van der Waals surface area contributed by atoms with Gasteiger partial charge in [0.2, 0.25) is 0 Å². The molecule has 0 N–H and O–H groups in total. The molecular weight excluding hydrogens is 329 g/mol. The van der Waals surface area contributed by atoms with Crippen LogP contribution >= 0.6 is 15.9 Å². The van der Waals surface area contributed by atoms with Crippen LogP contribution < -0.4 is 0 Å². The van der Waals surface area contributed by atoms with Gasteiger partial charge in [-0.25, -0.2) is 9.18 Å². The van der Waals surface area contributed by atoms with E-state index in [0.29, 0.717) is 10.8 Å². The molecule has 0 aliphatic rings. The smallest absolute Gasteiger partial charge is 0.410 e. The molecule has 0 saturated heterocycles. The first-order valence-corrected chi connectivity index (χ1v) is 6.81. The van der Waals surface area contributed by atoms with E-state index in [1.165, 1.54) is 19.2 Å². The number of hydrogen-bond acceptors (Lipinski definition) is 3. The number of ether oxygens (including phenoxy) is 1. The fourth-order valence-corrected chi connectivity index (χ4v) is 1.90. The number of carbonyl (C=O) groups excluding carboxylic acids is 2. The number of rotatable bonds is 3. The van der Waals surface area contributed by atoms with Crippen LogP contribution in [-0.4, -0.2) is 29.9 Å². The largest absolute Gasteiger partial charge is 0.444 e. The summed E-state index contributed by atoms with van der Waals surface area (Å²) in [5, 5.41) is 0. The highest BCUT2D eigenvalue weighted by molar-refractivity contribution is 9.10. The zero-order chi connectivity index (χ0) is 15.5. The maximum absolute atomic E-state index is 13.9. The minimum atomic E-state index is -1.03. The van der Waals surface area contributed by atoms with Crippen molar-refractivity contribution in [3.63, 3.8) is 0 Å². The van der Waals surface area contributed by atoms with Gasteiger partial charge in [0, 0.05) is 17.1 Å². The Bertz CT molecular complexity index is 514. The molecule has 6 heteroatoms. The first-order valence-electron chi connectivity index (χ1n) is 6.02. The van der Waals surface area contributed by atoms with Gasteiger partial charge in [-0.15, -0.1) is 0 Å². The molecule has 0 radical (unpaired) electrons. The van der Waals surface area contributed by atoms with Crippen molar-refractivity contribution in [1.82, 2.24) is 4.90 Å². The van der Waals surface area contributed by atoms with E-state index in [-0.39, 0.29) is 5.56 Å². The summed E-state index contributed by atoms with van der Waals surface area (Å²) in [6.45, 7) is 5.15.